The van der Waals surface area contributed by atoms with E-state index < -0.39 is 0 Å². The van der Waals surface area contributed by atoms with Crippen molar-refractivity contribution in [3.05, 3.63) is 28.8 Å². The molecule has 0 amide bonds. The lowest BCUT2D eigenvalue weighted by Gasteiger charge is -2.31. The quantitative estimate of drug-likeness (QED) is 0.859. The minimum absolute atomic E-state index is 0.362. The van der Waals surface area contributed by atoms with Crippen LogP contribution in [0.25, 0.3) is 0 Å². The van der Waals surface area contributed by atoms with Crippen molar-refractivity contribution in [3.63, 3.8) is 0 Å². The van der Waals surface area contributed by atoms with Crippen molar-refractivity contribution in [3.8, 4) is 5.75 Å². The van der Waals surface area contributed by atoms with Gasteiger partial charge < -0.3 is 10.8 Å². The van der Waals surface area contributed by atoms with Gasteiger partial charge in [-0.2, -0.15) is 0 Å². The topological polar surface area (TPSA) is 49.5 Å². The highest BCUT2D eigenvalue weighted by atomic mass is 16.3. The summed E-state index contributed by atoms with van der Waals surface area (Å²) < 4.78 is 0. The van der Waals surface area contributed by atoms with Crippen LogP contribution in [0.2, 0.25) is 0 Å². The maximum atomic E-state index is 10.3. The number of hydrogen-bond donors (Lipinski definition) is 2. The predicted octanol–water partition coefficient (Wildman–Crippen LogP) is 2.67. The number of aryl methyl sites for hydroxylation is 1. The number of likely N-dealkylation sites (tertiary alicyclic amines) is 1. The number of nitrogens with zero attached hydrogens (tertiary/aromatic N) is 1. The van der Waals surface area contributed by atoms with E-state index >= 15 is 0 Å². The van der Waals surface area contributed by atoms with Gasteiger partial charge in [0.05, 0.1) is 0 Å². The molecular formula is C16H24N2O. The first-order valence-electron chi connectivity index (χ1n) is 7.41. The molecule has 1 aliphatic carbocycles. The molecule has 3 rings (SSSR count). The number of hydrogen-bond acceptors (Lipinski definition) is 3. The molecule has 3 atom stereocenters. The number of rotatable bonds is 2. The second-order valence-electron chi connectivity index (χ2n) is 6.15. The number of aromatic hydroxyl groups is 1. The van der Waals surface area contributed by atoms with Crippen LogP contribution >= 0.6 is 0 Å². The van der Waals surface area contributed by atoms with E-state index in [0.717, 1.165) is 19.5 Å². The Bertz CT molecular complexity index is 486. The summed E-state index contributed by atoms with van der Waals surface area (Å²) in [6.45, 7) is 6.28. The number of benzene rings is 1. The zero-order chi connectivity index (χ0) is 13.6. The average Bonchev–Trinajstić information content (AvgIpc) is 2.98. The van der Waals surface area contributed by atoms with Gasteiger partial charge in [-0.3, -0.25) is 4.90 Å². The van der Waals surface area contributed by atoms with Gasteiger partial charge in [0, 0.05) is 24.2 Å². The van der Waals surface area contributed by atoms with E-state index in [1.165, 1.54) is 29.5 Å². The molecule has 1 aromatic carbocycles. The number of fused-ring (bicyclic) bond motifs is 1. The van der Waals surface area contributed by atoms with Crippen molar-refractivity contribution >= 4 is 0 Å². The van der Waals surface area contributed by atoms with Crippen LogP contribution in [0, 0.1) is 6.92 Å². The summed E-state index contributed by atoms with van der Waals surface area (Å²) in [5, 5.41) is 10.3. The predicted molar refractivity (Wildman–Crippen MR) is 77.4 cm³/mol. The Hall–Kier alpha value is -1.06. The van der Waals surface area contributed by atoms with Crippen molar-refractivity contribution in [1.82, 2.24) is 4.90 Å². The third-order valence-corrected chi connectivity index (χ3v) is 4.98. The molecule has 3 nitrogen and oxygen atoms in total. The molecule has 3 unspecified atom stereocenters. The van der Waals surface area contributed by atoms with Crippen molar-refractivity contribution in [2.45, 2.75) is 51.1 Å². The zero-order valence-corrected chi connectivity index (χ0v) is 11.9. The van der Waals surface area contributed by atoms with E-state index in [9.17, 15) is 5.11 Å². The van der Waals surface area contributed by atoms with Crippen LogP contribution in [0.15, 0.2) is 12.1 Å². The summed E-state index contributed by atoms with van der Waals surface area (Å²) in [6, 6.07) is 4.74. The monoisotopic (exact) mass is 260 g/mol. The fraction of sp³-hybridized carbons (Fsp3) is 0.625. The number of nitrogens with two attached hydrogens (primary N) is 1. The van der Waals surface area contributed by atoms with E-state index in [4.69, 9.17) is 5.73 Å². The molecule has 104 valence electrons. The van der Waals surface area contributed by atoms with Crippen LogP contribution < -0.4 is 5.73 Å². The molecule has 1 fully saturated rings. The van der Waals surface area contributed by atoms with Crippen molar-refractivity contribution in [2.75, 3.05) is 13.1 Å². The SMILES string of the molecule is Cc1ccc(O)c2c1C(C)CC2N1CCCC1CN. The van der Waals surface area contributed by atoms with Crippen LogP contribution in [0.4, 0.5) is 0 Å². The van der Waals surface area contributed by atoms with E-state index in [0.29, 0.717) is 23.8 Å². The molecule has 19 heavy (non-hydrogen) atoms. The Morgan fingerprint density at radius 2 is 2.16 bits per heavy atom. The minimum atomic E-state index is 0.362. The zero-order valence-electron chi connectivity index (χ0n) is 11.9. The molecule has 3 heteroatoms. The molecular weight excluding hydrogens is 236 g/mol. The first kappa shape index (κ1) is 12.9. The second-order valence-corrected chi connectivity index (χ2v) is 6.15. The summed E-state index contributed by atoms with van der Waals surface area (Å²) in [4.78, 5) is 2.53. The molecule has 1 heterocycles. The van der Waals surface area contributed by atoms with Gasteiger partial charge in [-0.15, -0.1) is 0 Å². The molecule has 0 aromatic heterocycles. The van der Waals surface area contributed by atoms with Crippen LogP contribution in [-0.4, -0.2) is 29.1 Å². The lowest BCUT2D eigenvalue weighted by Crippen LogP contribution is -2.37. The first-order valence-corrected chi connectivity index (χ1v) is 7.41. The van der Waals surface area contributed by atoms with E-state index in [1.54, 1.807) is 0 Å². The summed E-state index contributed by atoms with van der Waals surface area (Å²) in [7, 11) is 0. The fourth-order valence-electron chi connectivity index (χ4n) is 4.13. The number of phenolic OH excluding ortho intramolecular Hbond substituents is 1. The van der Waals surface area contributed by atoms with Crippen molar-refractivity contribution in [1.29, 1.82) is 0 Å². The molecule has 0 bridgehead atoms. The molecule has 1 saturated heterocycles. The summed E-state index contributed by atoms with van der Waals surface area (Å²) >= 11 is 0. The lowest BCUT2D eigenvalue weighted by atomic mass is 9.97. The molecule has 1 aromatic rings. The van der Waals surface area contributed by atoms with E-state index in [-0.39, 0.29) is 0 Å². The van der Waals surface area contributed by atoms with Gasteiger partial charge in [0.1, 0.15) is 5.75 Å². The molecule has 2 aliphatic rings. The second kappa shape index (κ2) is 4.80. The van der Waals surface area contributed by atoms with Crippen molar-refractivity contribution < 1.29 is 5.11 Å². The highest BCUT2D eigenvalue weighted by molar-refractivity contribution is 5.51. The summed E-state index contributed by atoms with van der Waals surface area (Å²) in [5.74, 6) is 1.00. The Labute approximate surface area is 115 Å². The lowest BCUT2D eigenvalue weighted by molar-refractivity contribution is 0.177. The van der Waals surface area contributed by atoms with Gasteiger partial charge in [-0.25, -0.2) is 0 Å². The van der Waals surface area contributed by atoms with Gasteiger partial charge in [-0.05, 0) is 55.8 Å². The molecule has 1 aliphatic heterocycles. The first-order chi connectivity index (χ1) is 9.13. The van der Waals surface area contributed by atoms with Crippen molar-refractivity contribution in [2.24, 2.45) is 5.73 Å². The van der Waals surface area contributed by atoms with Crippen LogP contribution in [0.3, 0.4) is 0 Å². The third kappa shape index (κ3) is 1.96. The Balaban J connectivity index is 2.02. The standard InChI is InChI=1S/C16H24N2O/c1-10-5-6-14(19)16-13(8-11(2)15(10)16)18-7-3-4-12(18)9-17/h5-6,11-13,19H,3-4,7-9,17H2,1-2H3. The Kier molecular flexibility index (Phi) is 3.27. The molecule has 0 spiro atoms. The van der Waals surface area contributed by atoms with Gasteiger partial charge >= 0.3 is 0 Å². The largest absolute Gasteiger partial charge is 0.508 e. The Morgan fingerprint density at radius 1 is 1.37 bits per heavy atom. The summed E-state index contributed by atoms with van der Waals surface area (Å²) in [6.07, 6.45) is 3.54. The van der Waals surface area contributed by atoms with Crippen LogP contribution in [0.5, 0.6) is 5.75 Å². The third-order valence-electron chi connectivity index (χ3n) is 4.98. The van der Waals surface area contributed by atoms with Gasteiger partial charge in [-0.1, -0.05) is 13.0 Å². The normalized spacial score (nSPS) is 30.8. The minimum Gasteiger partial charge on any atom is -0.508 e. The van der Waals surface area contributed by atoms with Gasteiger partial charge in [0.15, 0.2) is 0 Å². The van der Waals surface area contributed by atoms with Crippen LogP contribution in [0.1, 0.15) is 54.8 Å². The van der Waals surface area contributed by atoms with Gasteiger partial charge in [0.2, 0.25) is 0 Å². The molecule has 0 radical (unpaired) electrons. The number of phenols is 1. The average molecular weight is 260 g/mol. The maximum Gasteiger partial charge on any atom is 0.120 e. The smallest absolute Gasteiger partial charge is 0.120 e. The van der Waals surface area contributed by atoms with E-state index in [2.05, 4.69) is 18.7 Å². The molecule has 3 N–H and O–H groups in total. The highest BCUT2D eigenvalue weighted by Gasteiger charge is 2.39. The summed E-state index contributed by atoms with van der Waals surface area (Å²) in [5.41, 5.74) is 9.76. The van der Waals surface area contributed by atoms with E-state index in [1.807, 2.05) is 12.1 Å². The molecule has 0 saturated carbocycles. The maximum absolute atomic E-state index is 10.3. The Morgan fingerprint density at radius 3 is 2.89 bits per heavy atom. The fourth-order valence-corrected chi connectivity index (χ4v) is 4.13. The highest BCUT2D eigenvalue weighted by Crippen LogP contribution is 2.50. The van der Waals surface area contributed by atoms with Crippen LogP contribution in [-0.2, 0) is 0 Å². The van der Waals surface area contributed by atoms with Gasteiger partial charge in [0.25, 0.3) is 0 Å².